The number of carbonyl (C=O) groups excluding carboxylic acids is 1. The fourth-order valence-corrected chi connectivity index (χ4v) is 3.50. The number of aliphatic hydroxyl groups excluding tert-OH is 1. The van der Waals surface area contributed by atoms with Gasteiger partial charge in [0.1, 0.15) is 0 Å². The van der Waals surface area contributed by atoms with Crippen molar-refractivity contribution in [3.63, 3.8) is 0 Å². The fourth-order valence-electron chi connectivity index (χ4n) is 2.01. The van der Waals surface area contributed by atoms with Crippen LogP contribution in [-0.2, 0) is 4.79 Å². The van der Waals surface area contributed by atoms with E-state index >= 15 is 0 Å². The molecule has 1 atom stereocenters. The summed E-state index contributed by atoms with van der Waals surface area (Å²) in [6.45, 7) is 0. The Hall–Kier alpha value is -2.02. The number of anilines is 1. The molecule has 0 aliphatic rings. The van der Waals surface area contributed by atoms with Crippen LogP contribution in [0.25, 0.3) is 10.6 Å². The number of nitrogens with one attached hydrogen (secondary N) is 1. The van der Waals surface area contributed by atoms with Crippen molar-refractivity contribution in [2.24, 2.45) is 0 Å². The molecule has 0 spiro atoms. The lowest BCUT2D eigenvalue weighted by atomic mass is 10.1. The van der Waals surface area contributed by atoms with Crippen molar-refractivity contribution < 1.29 is 9.90 Å². The number of hydrogen-bond donors (Lipinski definition) is 2. The van der Waals surface area contributed by atoms with Crippen molar-refractivity contribution in [1.29, 1.82) is 0 Å². The first-order valence-corrected chi connectivity index (χ1v) is 8.50. The molecule has 4 nitrogen and oxygen atoms in total. The van der Waals surface area contributed by atoms with Gasteiger partial charge < -0.3 is 10.4 Å². The van der Waals surface area contributed by atoms with E-state index in [0.717, 1.165) is 16.1 Å². The monoisotopic (exact) mass is 330 g/mol. The number of hydrogen-bond acceptors (Lipinski definition) is 5. The van der Waals surface area contributed by atoms with Crippen LogP contribution in [0, 0.1) is 0 Å². The molecule has 6 heteroatoms. The lowest BCUT2D eigenvalue weighted by Gasteiger charge is -2.09. The highest BCUT2D eigenvalue weighted by atomic mass is 32.1. The minimum absolute atomic E-state index is 0.0118. The third kappa shape index (κ3) is 3.59. The normalized spacial score (nSPS) is 12.0. The predicted molar refractivity (Wildman–Crippen MR) is 90.1 cm³/mol. The van der Waals surface area contributed by atoms with Gasteiger partial charge in [-0.1, -0.05) is 36.4 Å². The van der Waals surface area contributed by atoms with Gasteiger partial charge in [-0.05, 0) is 17.0 Å². The van der Waals surface area contributed by atoms with E-state index in [0.29, 0.717) is 5.13 Å². The van der Waals surface area contributed by atoms with Gasteiger partial charge in [-0.2, -0.15) is 0 Å². The van der Waals surface area contributed by atoms with Gasteiger partial charge in [-0.25, -0.2) is 4.98 Å². The summed E-state index contributed by atoms with van der Waals surface area (Å²) in [4.78, 5) is 17.4. The molecule has 3 aromatic rings. The third-order valence-corrected chi connectivity index (χ3v) is 4.74. The van der Waals surface area contributed by atoms with Crippen molar-refractivity contribution in [2.45, 2.75) is 12.5 Å². The summed E-state index contributed by atoms with van der Waals surface area (Å²) in [7, 11) is 0. The molecule has 1 aromatic carbocycles. The Morgan fingerprint density at radius 2 is 2.00 bits per heavy atom. The molecule has 0 aliphatic carbocycles. The topological polar surface area (TPSA) is 62.2 Å². The van der Waals surface area contributed by atoms with Gasteiger partial charge in [-0.3, -0.25) is 4.79 Å². The maximum Gasteiger partial charge on any atom is 0.229 e. The van der Waals surface area contributed by atoms with E-state index in [1.807, 2.05) is 41.1 Å². The molecule has 0 aliphatic heterocycles. The largest absolute Gasteiger partial charge is 0.388 e. The van der Waals surface area contributed by atoms with E-state index in [-0.39, 0.29) is 12.3 Å². The molecule has 3 rings (SSSR count). The summed E-state index contributed by atoms with van der Waals surface area (Å²) in [5, 5.41) is 17.2. The summed E-state index contributed by atoms with van der Waals surface area (Å²) >= 11 is 2.99. The first-order valence-electron chi connectivity index (χ1n) is 6.74. The number of aliphatic hydroxyl groups is 1. The maximum atomic E-state index is 12.0. The zero-order valence-electron chi connectivity index (χ0n) is 11.6. The molecule has 2 N–H and O–H groups in total. The van der Waals surface area contributed by atoms with Crippen molar-refractivity contribution in [3.8, 4) is 10.6 Å². The van der Waals surface area contributed by atoms with E-state index in [4.69, 9.17) is 0 Å². The summed E-state index contributed by atoms with van der Waals surface area (Å²) in [5.74, 6) is -0.247. The minimum Gasteiger partial charge on any atom is -0.388 e. The standard InChI is InChI=1S/C16H14N2O2S2/c19-13(11-5-2-1-3-6-11)9-15(20)18-16-17-12(10-22-16)14-7-4-8-21-14/h1-8,10,13,19H,9H2,(H,17,18,20). The molecule has 112 valence electrons. The molecule has 1 amide bonds. The second kappa shape index (κ2) is 6.83. The number of aromatic nitrogens is 1. The van der Waals surface area contributed by atoms with Crippen LogP contribution in [0.1, 0.15) is 18.1 Å². The number of benzene rings is 1. The maximum absolute atomic E-state index is 12.0. The highest BCUT2D eigenvalue weighted by molar-refractivity contribution is 7.16. The van der Waals surface area contributed by atoms with Crippen LogP contribution in [0.2, 0.25) is 0 Å². The number of thiophene rings is 1. The van der Waals surface area contributed by atoms with Crippen LogP contribution in [0.15, 0.2) is 53.2 Å². The van der Waals surface area contributed by atoms with Crippen LogP contribution in [-0.4, -0.2) is 16.0 Å². The summed E-state index contributed by atoms with van der Waals surface area (Å²) < 4.78 is 0. The molecule has 2 heterocycles. The second-order valence-electron chi connectivity index (χ2n) is 4.69. The van der Waals surface area contributed by atoms with Crippen LogP contribution in [0.5, 0.6) is 0 Å². The van der Waals surface area contributed by atoms with Crippen molar-refractivity contribution >= 4 is 33.7 Å². The average Bonchev–Trinajstić information content (AvgIpc) is 3.19. The lowest BCUT2D eigenvalue weighted by Crippen LogP contribution is -2.15. The Morgan fingerprint density at radius 1 is 1.18 bits per heavy atom. The van der Waals surface area contributed by atoms with Gasteiger partial charge in [0.25, 0.3) is 0 Å². The summed E-state index contributed by atoms with van der Waals surface area (Å²) in [5.41, 5.74) is 1.59. The van der Waals surface area contributed by atoms with Gasteiger partial charge in [0, 0.05) is 5.38 Å². The second-order valence-corrected chi connectivity index (χ2v) is 6.50. The van der Waals surface area contributed by atoms with Gasteiger partial charge in [0.15, 0.2) is 5.13 Å². The first-order chi connectivity index (χ1) is 10.7. The van der Waals surface area contributed by atoms with Crippen LogP contribution >= 0.6 is 22.7 Å². The molecule has 0 bridgehead atoms. The van der Waals surface area contributed by atoms with E-state index < -0.39 is 6.10 Å². The average molecular weight is 330 g/mol. The SMILES string of the molecule is O=C(CC(O)c1ccccc1)Nc1nc(-c2cccs2)cs1. The highest BCUT2D eigenvalue weighted by Crippen LogP contribution is 2.28. The van der Waals surface area contributed by atoms with Crippen LogP contribution in [0.4, 0.5) is 5.13 Å². The Balaban J connectivity index is 1.60. The predicted octanol–water partition coefficient (Wildman–Crippen LogP) is 3.93. The molecular weight excluding hydrogens is 316 g/mol. The smallest absolute Gasteiger partial charge is 0.229 e. The summed E-state index contributed by atoms with van der Waals surface area (Å²) in [6.07, 6.45) is -0.796. The molecule has 0 saturated heterocycles. The number of carbonyl (C=O) groups is 1. The van der Waals surface area contributed by atoms with Crippen molar-refractivity contribution in [2.75, 3.05) is 5.32 Å². The molecular formula is C16H14N2O2S2. The van der Waals surface area contributed by atoms with Crippen molar-refractivity contribution in [1.82, 2.24) is 4.98 Å². The zero-order valence-corrected chi connectivity index (χ0v) is 13.2. The van der Waals surface area contributed by atoms with Gasteiger partial charge in [-0.15, -0.1) is 22.7 Å². The van der Waals surface area contributed by atoms with Gasteiger partial charge in [0.2, 0.25) is 5.91 Å². The molecule has 2 aromatic heterocycles. The molecule has 0 radical (unpaired) electrons. The van der Waals surface area contributed by atoms with E-state index in [1.54, 1.807) is 23.5 Å². The van der Waals surface area contributed by atoms with Crippen LogP contribution < -0.4 is 5.32 Å². The molecule has 1 unspecified atom stereocenters. The Kier molecular flexibility index (Phi) is 4.62. The molecule has 0 fully saturated rings. The van der Waals surface area contributed by atoms with E-state index in [2.05, 4.69) is 10.3 Å². The highest BCUT2D eigenvalue weighted by Gasteiger charge is 2.14. The molecule has 22 heavy (non-hydrogen) atoms. The number of rotatable bonds is 5. The Labute approximate surface area is 136 Å². The fraction of sp³-hybridized carbons (Fsp3) is 0.125. The Bertz CT molecular complexity index is 739. The third-order valence-electron chi connectivity index (χ3n) is 3.09. The van der Waals surface area contributed by atoms with Crippen molar-refractivity contribution in [3.05, 3.63) is 58.8 Å². The number of amides is 1. The zero-order chi connectivity index (χ0) is 15.4. The number of thiazole rings is 1. The lowest BCUT2D eigenvalue weighted by molar-refractivity contribution is -0.118. The Morgan fingerprint density at radius 3 is 2.73 bits per heavy atom. The van der Waals surface area contributed by atoms with Gasteiger partial charge >= 0.3 is 0 Å². The van der Waals surface area contributed by atoms with E-state index in [1.165, 1.54) is 11.3 Å². The molecule has 0 saturated carbocycles. The van der Waals surface area contributed by atoms with Gasteiger partial charge in [0.05, 0.1) is 23.1 Å². The van der Waals surface area contributed by atoms with E-state index in [9.17, 15) is 9.90 Å². The number of nitrogens with zero attached hydrogens (tertiary/aromatic N) is 1. The minimum atomic E-state index is -0.807. The quantitative estimate of drug-likeness (QED) is 0.745. The first kappa shape index (κ1) is 14.9. The van der Waals surface area contributed by atoms with Crippen LogP contribution in [0.3, 0.4) is 0 Å². The summed E-state index contributed by atoms with van der Waals surface area (Å²) in [6, 6.07) is 13.1.